The van der Waals surface area contributed by atoms with Crippen LogP contribution in [0.15, 0.2) is 16.3 Å². The van der Waals surface area contributed by atoms with E-state index in [1.165, 1.54) is 12.1 Å². The highest BCUT2D eigenvalue weighted by molar-refractivity contribution is 7.91. The molecule has 2 rings (SSSR count). The van der Waals surface area contributed by atoms with Crippen LogP contribution in [0.5, 0.6) is 0 Å². The first-order valence-electron chi connectivity index (χ1n) is 6.23. The van der Waals surface area contributed by atoms with E-state index in [1.54, 1.807) is 0 Å². The minimum absolute atomic E-state index is 0.162. The molecule has 1 aromatic heterocycles. The average molecular weight is 300 g/mol. The number of nitriles is 1. The highest BCUT2D eigenvalue weighted by Crippen LogP contribution is 2.21. The van der Waals surface area contributed by atoms with E-state index in [4.69, 9.17) is 10.00 Å². The van der Waals surface area contributed by atoms with Crippen molar-refractivity contribution in [3.05, 3.63) is 17.0 Å². The number of rotatable bonds is 5. The van der Waals surface area contributed by atoms with Crippen molar-refractivity contribution in [2.75, 3.05) is 13.2 Å². The molecular formula is C12H16N2O3S2. The number of thiophene rings is 1. The first-order valence-corrected chi connectivity index (χ1v) is 8.53. The topological polar surface area (TPSA) is 79.2 Å². The Balaban J connectivity index is 1.85. The van der Waals surface area contributed by atoms with Gasteiger partial charge < -0.3 is 4.74 Å². The average Bonchev–Trinajstić information content (AvgIpc) is 2.89. The van der Waals surface area contributed by atoms with Gasteiger partial charge in [-0.3, -0.25) is 0 Å². The van der Waals surface area contributed by atoms with Crippen LogP contribution in [0.1, 0.15) is 30.6 Å². The lowest BCUT2D eigenvalue weighted by atomic mass is 10.1. The summed E-state index contributed by atoms with van der Waals surface area (Å²) in [6, 6.07) is 4.91. The Morgan fingerprint density at radius 3 is 2.95 bits per heavy atom. The molecule has 1 aliphatic heterocycles. The summed E-state index contributed by atoms with van der Waals surface area (Å²) in [6.45, 7) is 1.14. The lowest BCUT2D eigenvalue weighted by Gasteiger charge is -2.22. The quantitative estimate of drug-likeness (QED) is 0.900. The molecular weight excluding hydrogens is 284 g/mol. The van der Waals surface area contributed by atoms with Gasteiger partial charge in [-0.1, -0.05) is 0 Å². The van der Waals surface area contributed by atoms with Crippen molar-refractivity contribution < 1.29 is 13.2 Å². The molecule has 1 atom stereocenters. The molecule has 5 nitrogen and oxygen atoms in total. The van der Waals surface area contributed by atoms with E-state index in [2.05, 4.69) is 4.72 Å². The zero-order valence-corrected chi connectivity index (χ0v) is 12.1. The Morgan fingerprint density at radius 2 is 2.32 bits per heavy atom. The van der Waals surface area contributed by atoms with E-state index >= 15 is 0 Å². The minimum Gasteiger partial charge on any atom is -0.378 e. The molecule has 104 valence electrons. The van der Waals surface area contributed by atoms with Crippen molar-refractivity contribution in [1.82, 2.24) is 4.72 Å². The number of sulfonamides is 1. The van der Waals surface area contributed by atoms with Crippen molar-refractivity contribution in [3.8, 4) is 6.07 Å². The molecule has 7 heteroatoms. The maximum Gasteiger partial charge on any atom is 0.250 e. The summed E-state index contributed by atoms with van der Waals surface area (Å²) in [5.41, 5.74) is 0. The normalized spacial score (nSPS) is 20.1. The molecule has 1 aromatic rings. The van der Waals surface area contributed by atoms with Crippen molar-refractivity contribution >= 4 is 21.4 Å². The SMILES string of the molecule is N#Cc1ccc(S(=O)(=O)NCCC2CCCCO2)s1. The van der Waals surface area contributed by atoms with Crippen LogP contribution < -0.4 is 4.72 Å². The summed E-state index contributed by atoms with van der Waals surface area (Å²) >= 11 is 0.983. The Labute approximate surface area is 117 Å². The predicted molar refractivity (Wildman–Crippen MR) is 72.4 cm³/mol. The van der Waals surface area contributed by atoms with Crippen molar-refractivity contribution in [3.63, 3.8) is 0 Å². The van der Waals surface area contributed by atoms with E-state index in [1.807, 2.05) is 6.07 Å². The van der Waals surface area contributed by atoms with E-state index in [9.17, 15) is 8.42 Å². The Kier molecular flexibility index (Phi) is 4.93. The first kappa shape index (κ1) is 14.5. The lowest BCUT2D eigenvalue weighted by Crippen LogP contribution is -2.29. The lowest BCUT2D eigenvalue weighted by molar-refractivity contribution is 0.0123. The van der Waals surface area contributed by atoms with Crippen molar-refractivity contribution in [2.24, 2.45) is 0 Å². The number of nitrogens with one attached hydrogen (secondary N) is 1. The number of nitrogens with zero attached hydrogens (tertiary/aromatic N) is 1. The van der Waals surface area contributed by atoms with Gasteiger partial charge in [-0.05, 0) is 37.8 Å². The summed E-state index contributed by atoms with van der Waals surface area (Å²) in [6.07, 6.45) is 4.09. The Morgan fingerprint density at radius 1 is 1.47 bits per heavy atom. The van der Waals surface area contributed by atoms with Crippen LogP contribution in [0.4, 0.5) is 0 Å². The molecule has 0 bridgehead atoms. The zero-order chi connectivity index (χ0) is 13.7. The summed E-state index contributed by atoms with van der Waals surface area (Å²) in [5, 5.41) is 8.69. The molecule has 1 unspecified atom stereocenters. The standard InChI is InChI=1S/C12H16N2O3S2/c13-9-11-4-5-12(18-11)19(15,16)14-7-6-10-3-1-2-8-17-10/h4-5,10,14H,1-3,6-8H2. The van der Waals surface area contributed by atoms with Gasteiger partial charge in [0, 0.05) is 13.2 Å². The van der Waals surface area contributed by atoms with E-state index in [0.29, 0.717) is 17.8 Å². The van der Waals surface area contributed by atoms with Gasteiger partial charge in [0.05, 0.1) is 6.10 Å². The third kappa shape index (κ3) is 4.01. The molecule has 19 heavy (non-hydrogen) atoms. The number of hydrogen-bond donors (Lipinski definition) is 1. The third-order valence-electron chi connectivity index (χ3n) is 2.99. The van der Waals surface area contributed by atoms with Gasteiger partial charge in [0.1, 0.15) is 15.2 Å². The van der Waals surface area contributed by atoms with Gasteiger partial charge in [0.2, 0.25) is 10.0 Å². The molecule has 1 fully saturated rings. The van der Waals surface area contributed by atoms with Crippen LogP contribution in [0.25, 0.3) is 0 Å². The fourth-order valence-corrected chi connectivity index (χ4v) is 4.18. The molecule has 1 saturated heterocycles. The summed E-state index contributed by atoms with van der Waals surface area (Å²) in [5.74, 6) is 0. The second-order valence-corrected chi connectivity index (χ2v) is 7.48. The van der Waals surface area contributed by atoms with Gasteiger partial charge in [-0.2, -0.15) is 5.26 Å². The maximum absolute atomic E-state index is 12.0. The van der Waals surface area contributed by atoms with Crippen LogP contribution in [0.3, 0.4) is 0 Å². The van der Waals surface area contributed by atoms with Gasteiger partial charge in [0.15, 0.2) is 0 Å². The maximum atomic E-state index is 12.0. The zero-order valence-electron chi connectivity index (χ0n) is 10.5. The van der Waals surface area contributed by atoms with Crippen LogP contribution in [-0.4, -0.2) is 27.7 Å². The molecule has 0 saturated carbocycles. The van der Waals surface area contributed by atoms with Gasteiger partial charge in [0.25, 0.3) is 0 Å². The second-order valence-electron chi connectivity index (χ2n) is 4.41. The van der Waals surface area contributed by atoms with Crippen LogP contribution in [0, 0.1) is 11.3 Å². The molecule has 1 N–H and O–H groups in total. The van der Waals surface area contributed by atoms with Crippen LogP contribution in [0.2, 0.25) is 0 Å². The van der Waals surface area contributed by atoms with Gasteiger partial charge in [-0.15, -0.1) is 11.3 Å². The Bertz CT molecular complexity index is 554. The molecule has 0 aromatic carbocycles. The van der Waals surface area contributed by atoms with Crippen molar-refractivity contribution in [1.29, 1.82) is 5.26 Å². The smallest absolute Gasteiger partial charge is 0.250 e. The van der Waals surface area contributed by atoms with E-state index in [0.717, 1.165) is 37.2 Å². The highest BCUT2D eigenvalue weighted by atomic mass is 32.2. The summed E-state index contributed by atoms with van der Waals surface area (Å²) in [4.78, 5) is 0.399. The molecule has 0 aliphatic carbocycles. The number of ether oxygens (including phenoxy) is 1. The second kappa shape index (κ2) is 6.48. The number of hydrogen-bond acceptors (Lipinski definition) is 5. The molecule has 2 heterocycles. The van der Waals surface area contributed by atoms with Crippen LogP contribution in [-0.2, 0) is 14.8 Å². The molecule has 1 aliphatic rings. The third-order valence-corrected chi connectivity index (χ3v) is 5.93. The fraction of sp³-hybridized carbons (Fsp3) is 0.583. The Hall–Kier alpha value is -0.940. The molecule has 0 radical (unpaired) electrons. The molecule has 0 amide bonds. The monoisotopic (exact) mass is 300 g/mol. The fourth-order valence-electron chi connectivity index (χ4n) is 1.99. The van der Waals surface area contributed by atoms with E-state index < -0.39 is 10.0 Å². The van der Waals surface area contributed by atoms with Crippen molar-refractivity contribution in [2.45, 2.75) is 36.0 Å². The van der Waals surface area contributed by atoms with Crippen LogP contribution >= 0.6 is 11.3 Å². The first-order chi connectivity index (χ1) is 9.12. The van der Waals surface area contributed by atoms with Gasteiger partial charge in [-0.25, -0.2) is 13.1 Å². The highest BCUT2D eigenvalue weighted by Gasteiger charge is 2.18. The summed E-state index contributed by atoms with van der Waals surface area (Å²) < 4.78 is 32.2. The summed E-state index contributed by atoms with van der Waals surface area (Å²) in [7, 11) is -3.49. The van der Waals surface area contributed by atoms with E-state index in [-0.39, 0.29) is 10.3 Å². The molecule has 0 spiro atoms. The van der Waals surface area contributed by atoms with Gasteiger partial charge >= 0.3 is 0 Å². The largest absolute Gasteiger partial charge is 0.378 e. The minimum atomic E-state index is -3.49. The predicted octanol–water partition coefficient (Wildman–Crippen LogP) is 1.86.